The van der Waals surface area contributed by atoms with Crippen molar-refractivity contribution in [1.29, 1.82) is 5.26 Å². The Morgan fingerprint density at radius 1 is 1.29 bits per heavy atom. The summed E-state index contributed by atoms with van der Waals surface area (Å²) in [4.78, 5) is 1.84. The minimum Gasteiger partial charge on any atom is -0.368 e. The second-order valence-electron chi connectivity index (χ2n) is 4.57. The Labute approximate surface area is 99.5 Å². The number of hydrogen-bond acceptors (Lipinski definition) is 2. The first-order valence-corrected chi connectivity index (χ1v) is 5.76. The van der Waals surface area contributed by atoms with Crippen LogP contribution >= 0.6 is 0 Å². The Hall–Kier alpha value is -1.63. The molecule has 1 saturated heterocycles. The van der Waals surface area contributed by atoms with E-state index in [2.05, 4.69) is 6.92 Å². The van der Waals surface area contributed by atoms with Crippen molar-refractivity contribution in [3.05, 3.63) is 29.3 Å². The van der Waals surface area contributed by atoms with E-state index >= 15 is 0 Å². The van der Waals surface area contributed by atoms with E-state index in [0.717, 1.165) is 38.1 Å². The predicted octanol–water partition coefficient (Wildman–Crippen LogP) is 3.07. The summed E-state index contributed by atoms with van der Waals surface area (Å²) in [5.74, 6) is -0.718. The molecule has 1 fully saturated rings. The predicted molar refractivity (Wildman–Crippen MR) is 61.7 cm³/mol. The van der Waals surface area contributed by atoms with Crippen LogP contribution in [0.15, 0.2) is 12.1 Å². The van der Waals surface area contributed by atoms with E-state index < -0.39 is 11.6 Å². The Morgan fingerprint density at radius 2 is 1.94 bits per heavy atom. The molecular formula is C13H14F2N2. The number of anilines is 1. The largest absolute Gasteiger partial charge is 0.368 e. The van der Waals surface area contributed by atoms with Gasteiger partial charge in [0.25, 0.3) is 0 Å². The lowest BCUT2D eigenvalue weighted by molar-refractivity contribution is 0.434. The van der Waals surface area contributed by atoms with E-state index in [-0.39, 0.29) is 11.3 Å². The van der Waals surface area contributed by atoms with Crippen molar-refractivity contribution < 1.29 is 8.78 Å². The molecule has 1 heterocycles. The van der Waals surface area contributed by atoms with Gasteiger partial charge in [0, 0.05) is 19.2 Å². The summed E-state index contributed by atoms with van der Waals surface area (Å²) >= 11 is 0. The van der Waals surface area contributed by atoms with Gasteiger partial charge < -0.3 is 4.90 Å². The molecule has 4 heteroatoms. The maximum atomic E-state index is 13.7. The van der Waals surface area contributed by atoms with Gasteiger partial charge in [-0.1, -0.05) is 6.92 Å². The highest BCUT2D eigenvalue weighted by molar-refractivity contribution is 5.60. The van der Waals surface area contributed by atoms with Crippen molar-refractivity contribution >= 4 is 5.69 Å². The molecule has 0 amide bonds. The SMILES string of the molecule is CC1CCN(c2c(F)cc(F)cc2C#N)CC1. The normalized spacial score (nSPS) is 16.9. The van der Waals surface area contributed by atoms with Gasteiger partial charge in [-0.15, -0.1) is 0 Å². The molecule has 0 radical (unpaired) electrons. The molecule has 0 aliphatic carbocycles. The van der Waals surface area contributed by atoms with Crippen LogP contribution in [0.5, 0.6) is 0 Å². The van der Waals surface area contributed by atoms with Crippen LogP contribution in [0.2, 0.25) is 0 Å². The number of nitrogens with zero attached hydrogens (tertiary/aromatic N) is 2. The maximum absolute atomic E-state index is 13.7. The van der Waals surface area contributed by atoms with Gasteiger partial charge in [-0.05, 0) is 24.8 Å². The third-order valence-electron chi connectivity index (χ3n) is 3.25. The van der Waals surface area contributed by atoms with E-state index in [1.165, 1.54) is 0 Å². The van der Waals surface area contributed by atoms with E-state index in [4.69, 9.17) is 5.26 Å². The summed E-state index contributed by atoms with van der Waals surface area (Å²) < 4.78 is 26.8. The third-order valence-corrected chi connectivity index (χ3v) is 3.25. The maximum Gasteiger partial charge on any atom is 0.150 e. The average molecular weight is 236 g/mol. The van der Waals surface area contributed by atoms with Gasteiger partial charge in [-0.3, -0.25) is 0 Å². The first kappa shape index (κ1) is 11.8. The molecule has 1 aromatic rings. The van der Waals surface area contributed by atoms with E-state index in [1.54, 1.807) is 0 Å². The van der Waals surface area contributed by atoms with E-state index in [1.807, 2.05) is 11.0 Å². The topological polar surface area (TPSA) is 27.0 Å². The van der Waals surface area contributed by atoms with Crippen molar-refractivity contribution in [2.75, 3.05) is 18.0 Å². The molecule has 17 heavy (non-hydrogen) atoms. The molecule has 1 aromatic carbocycles. The highest BCUT2D eigenvalue weighted by Gasteiger charge is 2.22. The number of hydrogen-bond donors (Lipinski definition) is 0. The van der Waals surface area contributed by atoms with Crippen molar-refractivity contribution in [2.24, 2.45) is 5.92 Å². The van der Waals surface area contributed by atoms with Crippen LogP contribution < -0.4 is 4.90 Å². The van der Waals surface area contributed by atoms with Gasteiger partial charge in [0.15, 0.2) is 5.82 Å². The highest BCUT2D eigenvalue weighted by atomic mass is 19.1. The fraction of sp³-hybridized carbons (Fsp3) is 0.462. The smallest absolute Gasteiger partial charge is 0.150 e. The molecule has 2 nitrogen and oxygen atoms in total. The Morgan fingerprint density at radius 3 is 2.53 bits per heavy atom. The number of benzene rings is 1. The highest BCUT2D eigenvalue weighted by Crippen LogP contribution is 2.29. The number of piperidine rings is 1. The number of nitriles is 1. The fourth-order valence-corrected chi connectivity index (χ4v) is 2.20. The standard InChI is InChI=1S/C13H14F2N2/c1-9-2-4-17(5-3-9)13-10(8-16)6-11(14)7-12(13)15/h6-7,9H,2-5H2,1H3. The molecule has 0 spiro atoms. The summed E-state index contributed by atoms with van der Waals surface area (Å²) in [7, 11) is 0. The molecule has 0 atom stereocenters. The summed E-state index contributed by atoms with van der Waals surface area (Å²) in [5, 5.41) is 8.94. The number of halogens is 2. The number of rotatable bonds is 1. The lowest BCUT2D eigenvalue weighted by Crippen LogP contribution is -2.34. The van der Waals surface area contributed by atoms with Crippen LogP contribution in [0.3, 0.4) is 0 Å². The Balaban J connectivity index is 2.35. The van der Waals surface area contributed by atoms with Gasteiger partial charge in [0.2, 0.25) is 0 Å². The zero-order valence-electron chi connectivity index (χ0n) is 9.71. The average Bonchev–Trinajstić information content (AvgIpc) is 2.30. The fourth-order valence-electron chi connectivity index (χ4n) is 2.20. The molecule has 0 N–H and O–H groups in total. The summed E-state index contributed by atoms with van der Waals surface area (Å²) in [6.07, 6.45) is 1.95. The van der Waals surface area contributed by atoms with Gasteiger partial charge in [-0.2, -0.15) is 5.26 Å². The van der Waals surface area contributed by atoms with Crippen LogP contribution in [0, 0.1) is 28.9 Å². The molecule has 90 valence electrons. The minimum atomic E-state index is -0.701. The van der Waals surface area contributed by atoms with E-state index in [0.29, 0.717) is 5.92 Å². The Kier molecular flexibility index (Phi) is 3.28. The first-order valence-electron chi connectivity index (χ1n) is 5.76. The van der Waals surface area contributed by atoms with Gasteiger partial charge in [0.05, 0.1) is 11.3 Å². The van der Waals surface area contributed by atoms with E-state index in [9.17, 15) is 8.78 Å². The molecule has 0 aromatic heterocycles. The van der Waals surface area contributed by atoms with Crippen LogP contribution in [-0.2, 0) is 0 Å². The molecule has 2 rings (SSSR count). The summed E-state index contributed by atoms with van der Waals surface area (Å²) in [6.45, 7) is 3.60. The zero-order valence-corrected chi connectivity index (χ0v) is 9.71. The summed E-state index contributed by atoms with van der Waals surface area (Å²) in [6, 6.07) is 3.80. The molecule has 0 saturated carbocycles. The molecule has 1 aliphatic heterocycles. The van der Waals surface area contributed by atoms with Gasteiger partial charge >= 0.3 is 0 Å². The van der Waals surface area contributed by atoms with Gasteiger partial charge in [0.1, 0.15) is 11.9 Å². The van der Waals surface area contributed by atoms with Crippen molar-refractivity contribution in [3.63, 3.8) is 0 Å². The lowest BCUT2D eigenvalue weighted by Gasteiger charge is -2.32. The molecular weight excluding hydrogens is 222 g/mol. The van der Waals surface area contributed by atoms with Crippen LogP contribution in [0.4, 0.5) is 14.5 Å². The summed E-state index contributed by atoms with van der Waals surface area (Å²) in [5.41, 5.74) is 0.331. The van der Waals surface area contributed by atoms with Crippen LogP contribution in [0.1, 0.15) is 25.3 Å². The second-order valence-corrected chi connectivity index (χ2v) is 4.57. The molecule has 1 aliphatic rings. The first-order chi connectivity index (χ1) is 8.11. The van der Waals surface area contributed by atoms with Gasteiger partial charge in [-0.25, -0.2) is 8.78 Å². The quantitative estimate of drug-likeness (QED) is 0.749. The Bertz CT molecular complexity index is 457. The monoisotopic (exact) mass is 236 g/mol. The lowest BCUT2D eigenvalue weighted by atomic mass is 9.98. The van der Waals surface area contributed by atoms with Crippen LogP contribution in [0.25, 0.3) is 0 Å². The second kappa shape index (κ2) is 4.70. The minimum absolute atomic E-state index is 0.0806. The molecule has 0 unspecified atom stereocenters. The van der Waals surface area contributed by atoms with Crippen molar-refractivity contribution in [3.8, 4) is 6.07 Å². The van der Waals surface area contributed by atoms with Crippen molar-refractivity contribution in [2.45, 2.75) is 19.8 Å². The third kappa shape index (κ3) is 2.38. The molecule has 0 bridgehead atoms. The van der Waals surface area contributed by atoms with Crippen LogP contribution in [-0.4, -0.2) is 13.1 Å². The van der Waals surface area contributed by atoms with Crippen molar-refractivity contribution in [1.82, 2.24) is 0 Å². The zero-order chi connectivity index (χ0) is 12.4.